The van der Waals surface area contributed by atoms with Crippen molar-refractivity contribution in [2.75, 3.05) is 24.0 Å². The van der Waals surface area contributed by atoms with Crippen LogP contribution in [0.5, 0.6) is 17.2 Å². The Hall–Kier alpha value is -5.29. The molecule has 0 bridgehead atoms. The van der Waals surface area contributed by atoms with Crippen molar-refractivity contribution in [3.05, 3.63) is 92.8 Å². The van der Waals surface area contributed by atoms with Crippen molar-refractivity contribution in [1.29, 1.82) is 0 Å². The van der Waals surface area contributed by atoms with E-state index >= 15 is 8.78 Å². The summed E-state index contributed by atoms with van der Waals surface area (Å²) in [6, 6.07) is 6.68. The Bertz CT molecular complexity index is 2190. The van der Waals surface area contributed by atoms with E-state index in [4.69, 9.17) is 32.7 Å². The fourth-order valence-corrected chi connectivity index (χ4v) is 8.99. The minimum atomic E-state index is -2.87. The third-order valence-corrected chi connectivity index (χ3v) is 11.8. The molecule has 0 radical (unpaired) electrons. The monoisotopic (exact) mass is 781 g/mol. The van der Waals surface area contributed by atoms with Crippen molar-refractivity contribution < 1.29 is 60.6 Å². The number of phenolic OH excluding ortho intramolecular Hbond substituents is 1. The van der Waals surface area contributed by atoms with Gasteiger partial charge in [0.2, 0.25) is 17.6 Å². The zero-order valence-electron chi connectivity index (χ0n) is 27.0. The molecule has 12 nitrogen and oxygen atoms in total. The lowest BCUT2D eigenvalue weighted by atomic mass is 9.56. The number of ether oxygens (including phenoxy) is 2. The Morgan fingerprint density at radius 3 is 1.91 bits per heavy atom. The van der Waals surface area contributed by atoms with E-state index in [1.54, 1.807) is 0 Å². The van der Waals surface area contributed by atoms with E-state index in [1.807, 2.05) is 0 Å². The van der Waals surface area contributed by atoms with Crippen LogP contribution < -0.4 is 19.3 Å². The molecule has 2 heterocycles. The molecular weight excluding hydrogens is 760 g/mol. The molecule has 1 saturated carbocycles. The van der Waals surface area contributed by atoms with Gasteiger partial charge in [0, 0.05) is 35.7 Å². The summed E-state index contributed by atoms with van der Waals surface area (Å²) in [5.41, 5.74) is -2.35. The van der Waals surface area contributed by atoms with Gasteiger partial charge in [0.05, 0.1) is 36.7 Å². The Morgan fingerprint density at radius 2 is 1.38 bits per heavy atom. The number of amides is 4. The first-order valence-electron chi connectivity index (χ1n) is 15.5. The van der Waals surface area contributed by atoms with E-state index in [9.17, 15) is 47.6 Å². The van der Waals surface area contributed by atoms with Gasteiger partial charge >= 0.3 is 0 Å². The highest BCUT2D eigenvalue weighted by atomic mass is 35.5. The van der Waals surface area contributed by atoms with Crippen LogP contribution in [0.2, 0.25) is 0 Å². The molecule has 3 aromatic rings. The van der Waals surface area contributed by atoms with Gasteiger partial charge in [-0.1, -0.05) is 11.6 Å². The minimum absolute atomic E-state index is 0.0207. The Labute approximate surface area is 304 Å². The number of allylic oxidation sites excluding steroid dienone is 2. The maximum absolute atomic E-state index is 15.3. The molecule has 53 heavy (non-hydrogen) atoms. The molecule has 4 aliphatic rings. The van der Waals surface area contributed by atoms with Crippen LogP contribution in [0.3, 0.4) is 0 Å². The Kier molecular flexibility index (Phi) is 8.26. The number of non-ortho nitro benzene ring substituents is 1. The van der Waals surface area contributed by atoms with E-state index in [0.717, 1.165) is 43.4 Å². The summed E-state index contributed by atoms with van der Waals surface area (Å²) in [7, 11) is 2.31. The van der Waals surface area contributed by atoms with Gasteiger partial charge in [-0.2, -0.15) is 0 Å². The molecule has 7 rings (SSSR count). The third-order valence-electron chi connectivity index (χ3n) is 10.4. The molecule has 0 unspecified atom stereocenters. The zero-order valence-corrected chi connectivity index (χ0v) is 28.5. The van der Waals surface area contributed by atoms with Crippen LogP contribution in [-0.4, -0.2) is 57.6 Å². The van der Waals surface area contributed by atoms with Crippen molar-refractivity contribution in [3.63, 3.8) is 0 Å². The topological polar surface area (TPSA) is 157 Å². The van der Waals surface area contributed by atoms with Crippen LogP contribution in [-0.2, 0) is 19.2 Å². The van der Waals surface area contributed by atoms with Gasteiger partial charge in [0.25, 0.3) is 17.5 Å². The van der Waals surface area contributed by atoms with Gasteiger partial charge in [0.1, 0.15) is 22.9 Å². The lowest BCUT2D eigenvalue weighted by Crippen LogP contribution is -2.60. The maximum atomic E-state index is 15.3. The molecule has 0 aromatic heterocycles. The SMILES string of the molecule is COc1cc(O)cc(OC)c1[C@H]1C2=CC[C@@H]3C(=O)N(c4ccc([N+](=O)[O-])cc4)C(=O)[C@@H]3[C@@H]2C[C@@]2(Cl)C(=O)N(c3c(F)c(F)c(F)c(F)c3F)C(=O)[C@@]12Cl. The molecule has 0 spiro atoms. The summed E-state index contributed by atoms with van der Waals surface area (Å²) >= 11 is 14.3. The maximum Gasteiger partial charge on any atom is 0.269 e. The summed E-state index contributed by atoms with van der Waals surface area (Å²) in [5, 5.41) is 21.7. The molecule has 19 heteroatoms. The third kappa shape index (κ3) is 4.65. The van der Waals surface area contributed by atoms with Gasteiger partial charge in [-0.15, -0.1) is 23.2 Å². The van der Waals surface area contributed by atoms with Crippen molar-refractivity contribution in [2.24, 2.45) is 17.8 Å². The number of carbonyl (C=O) groups is 4. The predicted molar refractivity (Wildman–Crippen MR) is 173 cm³/mol. The van der Waals surface area contributed by atoms with Gasteiger partial charge in [-0.3, -0.25) is 34.2 Å². The van der Waals surface area contributed by atoms with Gasteiger partial charge in [0.15, 0.2) is 33.0 Å². The normalized spacial score (nSPS) is 27.8. The summed E-state index contributed by atoms with van der Waals surface area (Å²) in [4.78, 5) is 62.4. The summed E-state index contributed by atoms with van der Waals surface area (Å²) in [5.74, 6) is -23.8. The van der Waals surface area contributed by atoms with Crippen LogP contribution in [0, 0.1) is 57.0 Å². The number of aromatic hydroxyl groups is 1. The second-order valence-electron chi connectivity index (χ2n) is 12.7. The highest BCUT2D eigenvalue weighted by molar-refractivity contribution is 6.58. The number of nitro benzene ring substituents is 1. The number of nitro groups is 1. The highest BCUT2D eigenvalue weighted by Gasteiger charge is 2.77. The number of imide groups is 2. The first kappa shape index (κ1) is 36.1. The quantitative estimate of drug-likeness (QED) is 0.0479. The minimum Gasteiger partial charge on any atom is -0.508 e. The fraction of sp³-hybridized carbons (Fsp3) is 0.294. The molecule has 3 fully saturated rings. The number of hydrogen-bond acceptors (Lipinski definition) is 9. The number of rotatable bonds is 6. The molecule has 6 atom stereocenters. The van der Waals surface area contributed by atoms with Crippen molar-refractivity contribution in [3.8, 4) is 17.2 Å². The van der Waals surface area contributed by atoms with E-state index in [1.165, 1.54) is 18.2 Å². The number of nitrogens with zero attached hydrogens (tertiary/aromatic N) is 3. The molecule has 4 amide bonds. The number of benzene rings is 3. The molecule has 3 aromatic carbocycles. The number of alkyl halides is 2. The van der Waals surface area contributed by atoms with E-state index in [2.05, 4.69) is 0 Å². The Morgan fingerprint density at radius 1 is 0.830 bits per heavy atom. The average Bonchev–Trinajstić information content (AvgIpc) is 3.47. The van der Waals surface area contributed by atoms with Crippen molar-refractivity contribution in [2.45, 2.75) is 28.5 Å². The molecule has 276 valence electrons. The standard InChI is InChI=1S/C34H22Cl2F5N3O9/c1-52-18-9-14(45)10-19(53-2)21(18)22-15-7-8-16-20(30(47)42(29(16)46)12-3-5-13(6-4-12)44(50)51)17(15)11-33(35)31(48)43(32(49)34(22,33)36)28-26(40)24(38)23(37)25(39)27(28)41/h3-7,9-10,16-17,20,22,45H,8,11H2,1-2H3/t16-,17+,20-,22+,33+,34-/m0/s1. The number of fused-ring (bicyclic) bond motifs is 4. The number of anilines is 2. The van der Waals surface area contributed by atoms with Crippen LogP contribution >= 0.6 is 23.2 Å². The van der Waals surface area contributed by atoms with Crippen LogP contribution in [0.15, 0.2) is 48.0 Å². The lowest BCUT2D eigenvalue weighted by molar-refractivity contribution is -0.384. The molecule has 2 saturated heterocycles. The van der Waals surface area contributed by atoms with Crippen molar-refractivity contribution >= 4 is 63.9 Å². The highest BCUT2D eigenvalue weighted by Crippen LogP contribution is 2.68. The first-order valence-corrected chi connectivity index (χ1v) is 16.3. The van der Waals surface area contributed by atoms with Crippen LogP contribution in [0.1, 0.15) is 24.3 Å². The number of halogens is 7. The molecule has 2 aliphatic carbocycles. The number of carbonyl (C=O) groups excluding carboxylic acids is 4. The average molecular weight is 782 g/mol. The largest absolute Gasteiger partial charge is 0.508 e. The lowest BCUT2D eigenvalue weighted by Gasteiger charge is -2.51. The van der Waals surface area contributed by atoms with E-state index in [-0.39, 0.29) is 45.3 Å². The fourth-order valence-electron chi connectivity index (χ4n) is 8.07. The molecular formula is C34H22Cl2F5N3O9. The number of methoxy groups -OCH3 is 2. The number of hydrogen-bond donors (Lipinski definition) is 1. The second-order valence-corrected chi connectivity index (χ2v) is 14.0. The van der Waals surface area contributed by atoms with Gasteiger partial charge < -0.3 is 14.6 Å². The van der Waals surface area contributed by atoms with Gasteiger partial charge in [-0.05, 0) is 30.9 Å². The van der Waals surface area contributed by atoms with E-state index < -0.39 is 109 Å². The molecule has 1 N–H and O–H groups in total. The van der Waals surface area contributed by atoms with E-state index in [0.29, 0.717) is 0 Å². The number of phenols is 1. The summed E-state index contributed by atoms with van der Waals surface area (Å²) in [6.45, 7) is 0. The smallest absolute Gasteiger partial charge is 0.269 e. The van der Waals surface area contributed by atoms with Crippen LogP contribution in [0.25, 0.3) is 0 Å². The predicted octanol–water partition coefficient (Wildman–Crippen LogP) is 5.78. The Balaban J connectivity index is 1.46. The summed E-state index contributed by atoms with van der Waals surface area (Å²) < 4.78 is 84.7. The van der Waals surface area contributed by atoms with Crippen LogP contribution in [0.4, 0.5) is 39.0 Å². The first-order chi connectivity index (χ1) is 25.0. The summed E-state index contributed by atoms with van der Waals surface area (Å²) in [6.07, 6.45) is 0.523. The second kappa shape index (κ2) is 12.1. The molecule has 2 aliphatic heterocycles. The van der Waals surface area contributed by atoms with Crippen molar-refractivity contribution in [1.82, 2.24) is 0 Å². The van der Waals surface area contributed by atoms with Gasteiger partial charge in [-0.25, -0.2) is 26.9 Å². The zero-order chi connectivity index (χ0) is 38.6.